The van der Waals surface area contributed by atoms with Crippen LogP contribution >= 0.6 is 0 Å². The molecule has 2 aliphatic heterocycles. The molecule has 2 fully saturated rings. The largest absolute Gasteiger partial charge is 0.497 e. The third kappa shape index (κ3) is 4.74. The van der Waals surface area contributed by atoms with Crippen LogP contribution in [0.25, 0.3) is 0 Å². The molecule has 136 valence electrons. The molecule has 1 atom stereocenters. The zero-order chi connectivity index (χ0) is 17.6. The summed E-state index contributed by atoms with van der Waals surface area (Å²) in [5.74, 6) is 1.87. The van der Waals surface area contributed by atoms with Gasteiger partial charge in [0, 0.05) is 26.1 Å². The quantitative estimate of drug-likeness (QED) is 0.892. The zero-order valence-electron chi connectivity index (χ0n) is 15.0. The summed E-state index contributed by atoms with van der Waals surface area (Å²) in [6, 6.07) is 8.29. The maximum atomic E-state index is 12.6. The Labute approximate surface area is 149 Å². The Morgan fingerprint density at radius 3 is 2.52 bits per heavy atom. The Balaban J connectivity index is 1.40. The molecule has 2 aliphatic rings. The van der Waals surface area contributed by atoms with Crippen molar-refractivity contribution in [3.05, 3.63) is 29.8 Å². The Bertz CT molecular complexity index is 581. The van der Waals surface area contributed by atoms with Crippen LogP contribution in [0.3, 0.4) is 0 Å². The Hall–Kier alpha value is -2.04. The van der Waals surface area contributed by atoms with Gasteiger partial charge in [-0.25, -0.2) is 0 Å². The van der Waals surface area contributed by atoms with Crippen molar-refractivity contribution < 1.29 is 14.3 Å². The summed E-state index contributed by atoms with van der Waals surface area (Å²) < 4.78 is 5.19. The number of carbonyl (C=O) groups is 2. The first-order valence-corrected chi connectivity index (χ1v) is 9.34. The predicted octanol–water partition coefficient (Wildman–Crippen LogP) is 2.39. The molecule has 1 N–H and O–H groups in total. The van der Waals surface area contributed by atoms with Gasteiger partial charge >= 0.3 is 0 Å². The van der Waals surface area contributed by atoms with Crippen LogP contribution in [-0.4, -0.2) is 43.5 Å². The predicted molar refractivity (Wildman–Crippen MR) is 96.4 cm³/mol. The van der Waals surface area contributed by atoms with Crippen molar-refractivity contribution in [1.82, 2.24) is 10.2 Å². The third-order valence-electron chi connectivity index (χ3n) is 5.54. The van der Waals surface area contributed by atoms with E-state index in [9.17, 15) is 9.59 Å². The van der Waals surface area contributed by atoms with Crippen LogP contribution in [0.1, 0.15) is 37.7 Å². The number of methoxy groups -OCH3 is 1. The third-order valence-corrected chi connectivity index (χ3v) is 5.54. The first-order valence-electron chi connectivity index (χ1n) is 9.34. The van der Waals surface area contributed by atoms with Crippen LogP contribution < -0.4 is 10.1 Å². The lowest BCUT2D eigenvalue weighted by atomic mass is 9.89. The average Bonchev–Trinajstić information content (AvgIpc) is 2.67. The Kier molecular flexibility index (Phi) is 5.95. The summed E-state index contributed by atoms with van der Waals surface area (Å²) in [4.78, 5) is 25.8. The number of nitrogens with one attached hydrogen (secondary N) is 1. The van der Waals surface area contributed by atoms with E-state index in [1.54, 1.807) is 7.11 Å². The van der Waals surface area contributed by atoms with Gasteiger partial charge < -0.3 is 15.0 Å². The second-order valence-corrected chi connectivity index (χ2v) is 7.20. The smallest absolute Gasteiger partial charge is 0.227 e. The number of carbonyl (C=O) groups excluding carboxylic acids is 2. The minimum atomic E-state index is -0.0199. The van der Waals surface area contributed by atoms with Gasteiger partial charge in [0.05, 0.1) is 13.0 Å². The number of likely N-dealkylation sites (tertiary alicyclic amines) is 1. The fourth-order valence-electron chi connectivity index (χ4n) is 3.81. The number of hydrogen-bond donors (Lipinski definition) is 1. The van der Waals surface area contributed by atoms with Crippen LogP contribution in [0.4, 0.5) is 0 Å². The maximum Gasteiger partial charge on any atom is 0.227 e. The highest BCUT2D eigenvalue weighted by molar-refractivity contribution is 5.83. The number of amides is 2. The second kappa shape index (κ2) is 8.37. The highest BCUT2D eigenvalue weighted by atomic mass is 16.5. The van der Waals surface area contributed by atoms with Crippen molar-refractivity contribution in [2.45, 2.75) is 38.5 Å². The van der Waals surface area contributed by atoms with Crippen molar-refractivity contribution in [3.8, 4) is 5.75 Å². The summed E-state index contributed by atoms with van der Waals surface area (Å²) in [5, 5.41) is 2.81. The maximum absolute atomic E-state index is 12.6. The summed E-state index contributed by atoms with van der Waals surface area (Å²) in [6.45, 7) is 2.22. The second-order valence-electron chi connectivity index (χ2n) is 7.20. The van der Waals surface area contributed by atoms with Crippen LogP contribution in [0, 0.1) is 11.8 Å². The van der Waals surface area contributed by atoms with E-state index < -0.39 is 0 Å². The molecule has 3 rings (SSSR count). The van der Waals surface area contributed by atoms with Gasteiger partial charge in [0.1, 0.15) is 5.75 Å². The van der Waals surface area contributed by atoms with Crippen LogP contribution in [0.5, 0.6) is 5.75 Å². The molecule has 0 unspecified atom stereocenters. The fraction of sp³-hybridized carbons (Fsp3) is 0.600. The fourth-order valence-corrected chi connectivity index (χ4v) is 3.81. The van der Waals surface area contributed by atoms with E-state index in [0.717, 1.165) is 38.1 Å². The van der Waals surface area contributed by atoms with Gasteiger partial charge in [0.15, 0.2) is 0 Å². The molecule has 2 saturated heterocycles. The van der Waals surface area contributed by atoms with Crippen molar-refractivity contribution in [2.24, 2.45) is 11.8 Å². The number of benzene rings is 1. The van der Waals surface area contributed by atoms with Gasteiger partial charge in [0.25, 0.3) is 0 Å². The number of rotatable bonds is 5. The summed E-state index contributed by atoms with van der Waals surface area (Å²) in [7, 11) is 1.69. The molecule has 5 nitrogen and oxygen atoms in total. The van der Waals surface area contributed by atoms with E-state index in [0.29, 0.717) is 25.3 Å². The van der Waals surface area contributed by atoms with Crippen molar-refractivity contribution in [2.75, 3.05) is 26.7 Å². The molecule has 1 aromatic carbocycles. The first kappa shape index (κ1) is 17.8. The molecule has 2 amide bonds. The van der Waals surface area contributed by atoms with Crippen molar-refractivity contribution in [3.63, 3.8) is 0 Å². The first-order chi connectivity index (χ1) is 12.2. The normalized spacial score (nSPS) is 21.7. The molecular formula is C20H28N2O3. The van der Waals surface area contributed by atoms with Gasteiger partial charge in [-0.1, -0.05) is 12.1 Å². The van der Waals surface area contributed by atoms with Crippen LogP contribution in [-0.2, 0) is 16.0 Å². The molecule has 1 aromatic rings. The molecule has 0 saturated carbocycles. The molecule has 0 spiro atoms. The number of aryl methyl sites for hydroxylation is 1. The lowest BCUT2D eigenvalue weighted by Crippen LogP contribution is -2.47. The van der Waals surface area contributed by atoms with E-state index in [1.807, 2.05) is 17.0 Å². The van der Waals surface area contributed by atoms with Gasteiger partial charge in [-0.2, -0.15) is 0 Å². The highest BCUT2D eigenvalue weighted by Crippen LogP contribution is 2.25. The van der Waals surface area contributed by atoms with E-state index in [4.69, 9.17) is 4.74 Å². The molecule has 2 heterocycles. The average molecular weight is 344 g/mol. The van der Waals surface area contributed by atoms with Gasteiger partial charge in [-0.05, 0) is 55.7 Å². The van der Waals surface area contributed by atoms with E-state index >= 15 is 0 Å². The van der Waals surface area contributed by atoms with E-state index in [2.05, 4.69) is 17.4 Å². The molecule has 5 heteroatoms. The number of hydrogen-bond acceptors (Lipinski definition) is 3. The van der Waals surface area contributed by atoms with Crippen LogP contribution in [0.2, 0.25) is 0 Å². The summed E-state index contributed by atoms with van der Waals surface area (Å²) in [5.41, 5.74) is 1.34. The number of ether oxygens (including phenoxy) is 1. The molecule has 25 heavy (non-hydrogen) atoms. The van der Waals surface area contributed by atoms with Gasteiger partial charge in [-0.15, -0.1) is 0 Å². The topological polar surface area (TPSA) is 58.6 Å². The minimum absolute atomic E-state index is 0.0199. The number of nitrogens with zero attached hydrogens (tertiary/aromatic N) is 1. The molecule has 0 radical (unpaired) electrons. The summed E-state index contributed by atoms with van der Waals surface area (Å²) >= 11 is 0. The lowest BCUT2D eigenvalue weighted by molar-refractivity contribution is -0.138. The van der Waals surface area contributed by atoms with E-state index in [-0.39, 0.29) is 17.7 Å². The van der Waals surface area contributed by atoms with Crippen molar-refractivity contribution >= 4 is 11.8 Å². The number of piperidine rings is 2. The molecule has 0 aromatic heterocycles. The molecule has 0 bridgehead atoms. The highest BCUT2D eigenvalue weighted by Gasteiger charge is 2.30. The minimum Gasteiger partial charge on any atom is -0.497 e. The van der Waals surface area contributed by atoms with Gasteiger partial charge in [-0.3, -0.25) is 9.59 Å². The Morgan fingerprint density at radius 1 is 1.20 bits per heavy atom. The molecular weight excluding hydrogens is 316 g/mol. The lowest BCUT2D eigenvalue weighted by Gasteiger charge is -2.35. The SMILES string of the molecule is COc1ccc(CCC2CCN(C(=O)[C@@H]3CCC(=O)NC3)CC2)cc1. The van der Waals surface area contributed by atoms with Crippen LogP contribution in [0.15, 0.2) is 24.3 Å². The zero-order valence-corrected chi connectivity index (χ0v) is 15.0. The van der Waals surface area contributed by atoms with Crippen molar-refractivity contribution in [1.29, 1.82) is 0 Å². The summed E-state index contributed by atoms with van der Waals surface area (Å²) in [6.07, 6.45) is 5.60. The van der Waals surface area contributed by atoms with E-state index in [1.165, 1.54) is 12.0 Å². The van der Waals surface area contributed by atoms with Gasteiger partial charge in [0.2, 0.25) is 11.8 Å². The standard InChI is InChI=1S/C20H28N2O3/c1-25-18-7-4-15(5-8-18)2-3-16-10-12-22(13-11-16)20(24)17-6-9-19(23)21-14-17/h4-5,7-8,16-17H,2-3,6,9-14H2,1H3,(H,21,23)/t17-/m1/s1. The molecule has 0 aliphatic carbocycles. The monoisotopic (exact) mass is 344 g/mol. The Morgan fingerprint density at radius 2 is 1.92 bits per heavy atom.